The largest absolute Gasteiger partial charge is 0.451 e. The minimum atomic E-state index is -0.418. The average Bonchev–Trinajstić information content (AvgIpc) is 2.96. The van der Waals surface area contributed by atoms with Crippen LogP contribution in [0.25, 0.3) is 11.0 Å². The number of hydrogen-bond acceptors (Lipinski definition) is 4. The van der Waals surface area contributed by atoms with Gasteiger partial charge in [-0.15, -0.1) is 0 Å². The van der Waals surface area contributed by atoms with Crippen LogP contribution in [-0.4, -0.2) is 5.91 Å². The van der Waals surface area contributed by atoms with E-state index in [-0.39, 0.29) is 11.6 Å². The third-order valence-electron chi connectivity index (χ3n) is 3.13. The van der Waals surface area contributed by atoms with Crippen molar-refractivity contribution in [3.8, 4) is 0 Å². The minimum absolute atomic E-state index is 0.174. The lowest BCUT2D eigenvalue weighted by Crippen LogP contribution is -2.14. The van der Waals surface area contributed by atoms with E-state index >= 15 is 0 Å². The van der Waals surface area contributed by atoms with Crippen molar-refractivity contribution in [2.75, 3.05) is 0 Å². The number of carbonyl (C=O) groups excluding carboxylic acids is 1. The molecule has 3 rings (SSSR count). The van der Waals surface area contributed by atoms with Crippen LogP contribution in [0.4, 0.5) is 4.39 Å². The highest BCUT2D eigenvalue weighted by Crippen LogP contribution is 2.23. The summed E-state index contributed by atoms with van der Waals surface area (Å²) in [6.45, 7) is 0.404. The summed E-state index contributed by atoms with van der Waals surface area (Å²) >= 11 is 0.913. The third-order valence-corrected chi connectivity index (χ3v) is 3.97. The lowest BCUT2D eigenvalue weighted by molar-refractivity contribution is 0.0959. The average molecular weight is 316 g/mol. The van der Waals surface area contributed by atoms with Gasteiger partial charge in [-0.2, -0.15) is 0 Å². The zero-order chi connectivity index (χ0) is 15.5. The summed E-state index contributed by atoms with van der Waals surface area (Å²) in [5.74, 6) is -0.628. The molecule has 22 heavy (non-hydrogen) atoms. The Hall–Kier alpha value is -2.31. The lowest BCUT2D eigenvalue weighted by Gasteiger charge is -2.02. The van der Waals surface area contributed by atoms with Gasteiger partial charge in [-0.3, -0.25) is 9.52 Å². The smallest absolute Gasteiger partial charge is 0.297 e. The van der Waals surface area contributed by atoms with Crippen LogP contribution >= 0.6 is 11.9 Å². The molecule has 0 saturated carbocycles. The van der Waals surface area contributed by atoms with Crippen LogP contribution in [0.3, 0.4) is 0 Å². The van der Waals surface area contributed by atoms with E-state index in [4.69, 9.17) is 10.2 Å². The Morgan fingerprint density at radius 3 is 2.82 bits per heavy atom. The molecule has 112 valence electrons. The molecule has 1 amide bonds. The number of hydrogen-bond donors (Lipinski definition) is 2. The van der Waals surface area contributed by atoms with Gasteiger partial charge in [-0.1, -0.05) is 24.3 Å². The van der Waals surface area contributed by atoms with Crippen molar-refractivity contribution >= 4 is 28.8 Å². The number of benzene rings is 2. The summed E-state index contributed by atoms with van der Waals surface area (Å²) in [5.41, 5.74) is 7.10. The SMILES string of the molecule is NCc1ccc2cc(C(=O)NSc3ccccc3F)oc2c1. The molecular weight excluding hydrogens is 303 g/mol. The summed E-state index contributed by atoms with van der Waals surface area (Å²) in [6.07, 6.45) is 0. The molecule has 0 unspecified atom stereocenters. The number of rotatable bonds is 4. The first-order valence-electron chi connectivity index (χ1n) is 6.61. The molecule has 0 radical (unpaired) electrons. The van der Waals surface area contributed by atoms with E-state index < -0.39 is 5.91 Å². The van der Waals surface area contributed by atoms with E-state index in [1.54, 1.807) is 30.3 Å². The van der Waals surface area contributed by atoms with Gasteiger partial charge in [0.05, 0.1) is 4.90 Å². The summed E-state index contributed by atoms with van der Waals surface area (Å²) in [7, 11) is 0. The normalized spacial score (nSPS) is 10.8. The van der Waals surface area contributed by atoms with Crippen LogP contribution in [0.2, 0.25) is 0 Å². The van der Waals surface area contributed by atoms with E-state index in [1.807, 2.05) is 12.1 Å². The van der Waals surface area contributed by atoms with Gasteiger partial charge < -0.3 is 10.2 Å². The lowest BCUT2D eigenvalue weighted by atomic mass is 10.2. The molecule has 0 atom stereocenters. The Kier molecular flexibility index (Phi) is 4.13. The first kappa shape index (κ1) is 14.6. The van der Waals surface area contributed by atoms with Crippen LogP contribution < -0.4 is 10.5 Å². The fourth-order valence-electron chi connectivity index (χ4n) is 1.99. The van der Waals surface area contributed by atoms with Crippen LogP contribution in [-0.2, 0) is 6.54 Å². The van der Waals surface area contributed by atoms with E-state index in [1.165, 1.54) is 6.07 Å². The zero-order valence-electron chi connectivity index (χ0n) is 11.5. The van der Waals surface area contributed by atoms with E-state index in [0.717, 1.165) is 22.9 Å². The molecule has 2 aromatic carbocycles. The molecular formula is C16H13FN2O2S. The minimum Gasteiger partial charge on any atom is -0.451 e. The second-order valence-corrected chi connectivity index (χ2v) is 5.50. The third kappa shape index (κ3) is 2.98. The molecule has 0 aliphatic carbocycles. The highest BCUT2D eigenvalue weighted by Gasteiger charge is 2.13. The Morgan fingerprint density at radius 2 is 2.05 bits per heavy atom. The van der Waals surface area contributed by atoms with Gasteiger partial charge in [0.1, 0.15) is 11.4 Å². The van der Waals surface area contributed by atoms with Crippen molar-refractivity contribution in [2.24, 2.45) is 5.73 Å². The second kappa shape index (κ2) is 6.21. The number of nitrogens with two attached hydrogens (primary N) is 1. The van der Waals surface area contributed by atoms with Gasteiger partial charge in [0, 0.05) is 11.9 Å². The van der Waals surface area contributed by atoms with Crippen molar-refractivity contribution in [3.63, 3.8) is 0 Å². The van der Waals surface area contributed by atoms with Crippen molar-refractivity contribution < 1.29 is 13.6 Å². The first-order valence-corrected chi connectivity index (χ1v) is 7.43. The Bertz CT molecular complexity index is 832. The number of furan rings is 1. The molecule has 0 saturated heterocycles. The van der Waals surface area contributed by atoms with Gasteiger partial charge in [0.25, 0.3) is 5.91 Å². The maximum absolute atomic E-state index is 13.5. The number of nitrogens with one attached hydrogen (secondary N) is 1. The van der Waals surface area contributed by atoms with E-state index in [2.05, 4.69) is 4.72 Å². The second-order valence-electron chi connectivity index (χ2n) is 4.65. The molecule has 1 aromatic heterocycles. The summed E-state index contributed by atoms with van der Waals surface area (Å²) in [4.78, 5) is 12.4. The molecule has 0 aliphatic heterocycles. The van der Waals surface area contributed by atoms with Crippen LogP contribution in [0.5, 0.6) is 0 Å². The number of halogens is 1. The fraction of sp³-hybridized carbons (Fsp3) is 0.0625. The molecule has 6 heteroatoms. The van der Waals surface area contributed by atoms with Gasteiger partial charge in [-0.25, -0.2) is 4.39 Å². The molecule has 0 aliphatic rings. The zero-order valence-corrected chi connectivity index (χ0v) is 12.3. The van der Waals surface area contributed by atoms with E-state index in [9.17, 15) is 9.18 Å². The predicted octanol–water partition coefficient (Wildman–Crippen LogP) is 3.47. The van der Waals surface area contributed by atoms with Gasteiger partial charge >= 0.3 is 0 Å². The summed E-state index contributed by atoms with van der Waals surface area (Å²) in [6, 6.07) is 13.4. The maximum Gasteiger partial charge on any atom is 0.297 e. The molecule has 0 fully saturated rings. The summed E-state index contributed by atoms with van der Waals surface area (Å²) < 4.78 is 21.6. The molecule has 0 spiro atoms. The fourth-order valence-corrected chi connectivity index (χ4v) is 2.61. The number of amides is 1. The van der Waals surface area contributed by atoms with Gasteiger partial charge in [0.2, 0.25) is 0 Å². The van der Waals surface area contributed by atoms with Crippen molar-refractivity contribution in [2.45, 2.75) is 11.4 Å². The van der Waals surface area contributed by atoms with Crippen LogP contribution in [0.1, 0.15) is 16.1 Å². The molecule has 0 bridgehead atoms. The van der Waals surface area contributed by atoms with Crippen LogP contribution in [0.15, 0.2) is 57.8 Å². The molecule has 4 nitrogen and oxygen atoms in total. The Labute approximate surface area is 130 Å². The monoisotopic (exact) mass is 316 g/mol. The van der Waals surface area contributed by atoms with Crippen molar-refractivity contribution in [1.29, 1.82) is 0 Å². The van der Waals surface area contributed by atoms with Gasteiger partial charge in [0.15, 0.2) is 5.76 Å². The standard InChI is InChI=1S/C16H13FN2O2S/c17-12-3-1-2-4-15(12)22-19-16(20)14-8-11-6-5-10(9-18)7-13(11)21-14/h1-8H,9,18H2,(H,19,20). The maximum atomic E-state index is 13.5. The van der Waals surface area contributed by atoms with Crippen molar-refractivity contribution in [1.82, 2.24) is 4.72 Å². The highest BCUT2D eigenvalue weighted by molar-refractivity contribution is 7.98. The predicted molar refractivity (Wildman–Crippen MR) is 83.8 cm³/mol. The Morgan fingerprint density at radius 1 is 1.23 bits per heavy atom. The molecule has 3 N–H and O–H groups in total. The van der Waals surface area contributed by atoms with E-state index in [0.29, 0.717) is 17.0 Å². The molecule has 3 aromatic rings. The topological polar surface area (TPSA) is 68.3 Å². The quantitative estimate of drug-likeness (QED) is 0.723. The number of carbonyl (C=O) groups is 1. The Balaban J connectivity index is 1.76. The summed E-state index contributed by atoms with van der Waals surface area (Å²) in [5, 5.41) is 0.818. The van der Waals surface area contributed by atoms with Crippen molar-refractivity contribution in [3.05, 3.63) is 65.7 Å². The first-order chi connectivity index (χ1) is 10.7. The van der Waals surface area contributed by atoms with Gasteiger partial charge in [-0.05, 0) is 41.8 Å². The highest BCUT2D eigenvalue weighted by atomic mass is 32.2. The molecule has 1 heterocycles. The number of fused-ring (bicyclic) bond motifs is 1. The van der Waals surface area contributed by atoms with Crippen LogP contribution in [0, 0.1) is 5.82 Å².